The van der Waals surface area contributed by atoms with E-state index in [9.17, 15) is 4.79 Å². The van der Waals surface area contributed by atoms with Crippen molar-refractivity contribution in [2.45, 2.75) is 33.2 Å². The van der Waals surface area contributed by atoms with Gasteiger partial charge in [0.2, 0.25) is 0 Å². The summed E-state index contributed by atoms with van der Waals surface area (Å²) in [5.41, 5.74) is 5.49. The van der Waals surface area contributed by atoms with Crippen LogP contribution in [0.5, 0.6) is 0 Å². The lowest BCUT2D eigenvalue weighted by atomic mass is 10.00. The molecular formula is C28H26N8O. The summed E-state index contributed by atoms with van der Waals surface area (Å²) in [5, 5.41) is 17.6. The minimum atomic E-state index is -0.0500. The number of aromatic nitrogens is 8. The summed E-state index contributed by atoms with van der Waals surface area (Å²) in [7, 11) is 0. The number of benzene rings is 2. The molecule has 4 heterocycles. The van der Waals surface area contributed by atoms with Crippen molar-refractivity contribution in [2.75, 3.05) is 0 Å². The minimum Gasteiger partial charge on any atom is -0.279 e. The molecule has 2 aromatic carbocycles. The van der Waals surface area contributed by atoms with Crippen molar-refractivity contribution in [1.82, 2.24) is 39.7 Å². The number of nitrogens with one attached hydrogen (secondary N) is 2. The van der Waals surface area contributed by atoms with Gasteiger partial charge in [-0.3, -0.25) is 14.5 Å². The smallest absolute Gasteiger partial charge is 0.263 e. The fourth-order valence-electron chi connectivity index (χ4n) is 5.00. The van der Waals surface area contributed by atoms with E-state index in [4.69, 9.17) is 5.10 Å². The fraction of sp³-hybridized carbons (Fsp3) is 0.179. The van der Waals surface area contributed by atoms with Crippen LogP contribution >= 0.6 is 0 Å². The average Bonchev–Trinajstić information content (AvgIpc) is 3.25. The zero-order valence-electron chi connectivity index (χ0n) is 20.9. The maximum Gasteiger partial charge on any atom is 0.263 e. The molecule has 0 saturated heterocycles. The molecule has 0 amide bonds. The Labute approximate surface area is 211 Å². The van der Waals surface area contributed by atoms with Crippen molar-refractivity contribution < 1.29 is 0 Å². The number of para-hydroxylation sites is 1. The molecule has 0 aliphatic heterocycles. The third-order valence-corrected chi connectivity index (χ3v) is 6.74. The number of hydrogen-bond donors (Lipinski definition) is 2. The van der Waals surface area contributed by atoms with E-state index in [-0.39, 0.29) is 11.5 Å². The SMILES string of the molecule is C=c1cn[nH][nH]c2ncnc3c2c1nn3Cc1cc2cccc(C)c2c(=O)n1-c1ccccc1C(C)C. The van der Waals surface area contributed by atoms with Crippen LogP contribution in [-0.4, -0.2) is 39.7 Å². The Balaban J connectivity index is 1.68. The third-order valence-electron chi connectivity index (χ3n) is 6.74. The van der Waals surface area contributed by atoms with E-state index in [1.807, 2.05) is 47.9 Å². The maximum atomic E-state index is 14.1. The van der Waals surface area contributed by atoms with Crippen LogP contribution in [0.15, 0.2) is 65.8 Å². The van der Waals surface area contributed by atoms with Gasteiger partial charge in [0.1, 0.15) is 11.8 Å². The summed E-state index contributed by atoms with van der Waals surface area (Å²) < 4.78 is 3.63. The molecule has 0 radical (unpaired) electrons. The van der Waals surface area contributed by atoms with Crippen LogP contribution in [0.25, 0.3) is 45.2 Å². The molecule has 0 fully saturated rings. The highest BCUT2D eigenvalue weighted by molar-refractivity contribution is 6.01. The number of rotatable bonds is 4. The standard InChI is InChI=1S/C28H26N8O/c1-16(2)21-10-5-6-11-22(21)36-20(12-19-9-7-8-17(3)23(19)28(36)37)14-35-27-24-25(33-35)18(4)13-31-34-32-26(24)29-15-30-27/h5-13,15-16,34H,4,14H2,1-3H3,(H,29,30,32). The molecule has 0 aliphatic carbocycles. The Morgan fingerprint density at radius 3 is 2.73 bits per heavy atom. The van der Waals surface area contributed by atoms with Crippen LogP contribution in [0.4, 0.5) is 0 Å². The summed E-state index contributed by atoms with van der Waals surface area (Å²) in [6.45, 7) is 10.7. The molecule has 0 aliphatic rings. The molecule has 37 heavy (non-hydrogen) atoms. The Bertz CT molecular complexity index is 1960. The van der Waals surface area contributed by atoms with Crippen LogP contribution in [-0.2, 0) is 6.54 Å². The monoisotopic (exact) mass is 490 g/mol. The molecule has 6 rings (SSSR count). The Hall–Kier alpha value is -4.79. The van der Waals surface area contributed by atoms with Crippen LogP contribution in [0.2, 0.25) is 0 Å². The maximum absolute atomic E-state index is 14.1. The molecule has 0 bridgehead atoms. The molecular weight excluding hydrogens is 464 g/mol. The predicted octanol–water partition coefficient (Wildman–Crippen LogP) is 4.07. The van der Waals surface area contributed by atoms with E-state index < -0.39 is 0 Å². The lowest BCUT2D eigenvalue weighted by Gasteiger charge is -2.20. The number of H-pyrrole nitrogens is 2. The molecule has 4 aromatic heterocycles. The first kappa shape index (κ1) is 22.7. The first-order valence-corrected chi connectivity index (χ1v) is 12.1. The zero-order chi connectivity index (χ0) is 25.7. The van der Waals surface area contributed by atoms with Gasteiger partial charge in [-0.15, -0.1) is 0 Å². The van der Waals surface area contributed by atoms with E-state index in [1.54, 1.807) is 10.9 Å². The van der Waals surface area contributed by atoms with Gasteiger partial charge in [0.15, 0.2) is 11.3 Å². The van der Waals surface area contributed by atoms with Gasteiger partial charge >= 0.3 is 0 Å². The number of nitrogens with zero attached hydrogens (tertiary/aromatic N) is 6. The predicted molar refractivity (Wildman–Crippen MR) is 145 cm³/mol. The Morgan fingerprint density at radius 2 is 1.89 bits per heavy atom. The van der Waals surface area contributed by atoms with Gasteiger partial charge < -0.3 is 0 Å². The number of hydrogen-bond acceptors (Lipinski definition) is 5. The first-order chi connectivity index (χ1) is 17.9. The largest absolute Gasteiger partial charge is 0.279 e. The fourth-order valence-corrected chi connectivity index (χ4v) is 5.00. The second-order valence-electron chi connectivity index (χ2n) is 9.48. The normalized spacial score (nSPS) is 11.7. The van der Waals surface area contributed by atoms with Gasteiger partial charge in [-0.2, -0.15) is 10.2 Å². The van der Waals surface area contributed by atoms with E-state index >= 15 is 0 Å². The lowest BCUT2D eigenvalue weighted by molar-refractivity contribution is 0.674. The van der Waals surface area contributed by atoms with Crippen LogP contribution in [0, 0.1) is 6.92 Å². The van der Waals surface area contributed by atoms with Gasteiger partial charge in [0.05, 0.1) is 29.2 Å². The van der Waals surface area contributed by atoms with Crippen molar-refractivity contribution in [3.05, 3.63) is 93.4 Å². The van der Waals surface area contributed by atoms with Gasteiger partial charge in [0, 0.05) is 10.9 Å². The summed E-state index contributed by atoms with van der Waals surface area (Å²) in [6, 6.07) is 16.1. The highest BCUT2D eigenvalue weighted by Crippen LogP contribution is 2.26. The van der Waals surface area contributed by atoms with E-state index in [1.165, 1.54) is 6.33 Å². The number of fused-ring (bicyclic) bond motifs is 1. The molecule has 0 spiro atoms. The van der Waals surface area contributed by atoms with Crippen molar-refractivity contribution in [2.24, 2.45) is 0 Å². The Morgan fingerprint density at radius 1 is 1.05 bits per heavy atom. The number of aryl methyl sites for hydroxylation is 1. The van der Waals surface area contributed by atoms with E-state index in [0.29, 0.717) is 34.0 Å². The van der Waals surface area contributed by atoms with Gasteiger partial charge in [-0.25, -0.2) is 19.9 Å². The topological polar surface area (TPSA) is 110 Å². The van der Waals surface area contributed by atoms with Crippen LogP contribution < -0.4 is 10.8 Å². The second kappa shape index (κ2) is 8.70. The van der Waals surface area contributed by atoms with Crippen LogP contribution in [0.1, 0.15) is 36.6 Å². The van der Waals surface area contributed by atoms with Crippen molar-refractivity contribution in [1.29, 1.82) is 0 Å². The van der Waals surface area contributed by atoms with Gasteiger partial charge in [-0.05, 0) is 41.5 Å². The Kier molecular flexibility index (Phi) is 5.33. The molecule has 9 nitrogen and oxygen atoms in total. The number of pyridine rings is 1. The number of aromatic amines is 2. The van der Waals surface area contributed by atoms with Crippen molar-refractivity contribution >= 4 is 39.5 Å². The molecule has 0 saturated carbocycles. The average molecular weight is 491 g/mol. The highest BCUT2D eigenvalue weighted by atomic mass is 16.1. The summed E-state index contributed by atoms with van der Waals surface area (Å²) >= 11 is 0. The zero-order valence-corrected chi connectivity index (χ0v) is 20.9. The summed E-state index contributed by atoms with van der Waals surface area (Å²) in [4.78, 5) is 23.0. The third kappa shape index (κ3) is 3.67. The summed E-state index contributed by atoms with van der Waals surface area (Å²) in [6.07, 6.45) is 3.08. The van der Waals surface area contributed by atoms with E-state index in [0.717, 1.165) is 33.3 Å². The molecule has 9 heteroatoms. The summed E-state index contributed by atoms with van der Waals surface area (Å²) in [5.74, 6) is 0.235. The molecule has 6 aromatic rings. The van der Waals surface area contributed by atoms with Crippen LogP contribution in [0.3, 0.4) is 0 Å². The molecule has 2 N–H and O–H groups in total. The van der Waals surface area contributed by atoms with Gasteiger partial charge in [-0.1, -0.05) is 56.8 Å². The van der Waals surface area contributed by atoms with Crippen molar-refractivity contribution in [3.63, 3.8) is 0 Å². The quantitative estimate of drug-likeness (QED) is 0.387. The van der Waals surface area contributed by atoms with E-state index in [2.05, 4.69) is 57.9 Å². The molecule has 184 valence electrons. The molecule has 0 atom stereocenters. The van der Waals surface area contributed by atoms with Crippen molar-refractivity contribution in [3.8, 4) is 5.69 Å². The highest BCUT2D eigenvalue weighted by Gasteiger charge is 2.19. The molecule has 0 unspecified atom stereocenters. The minimum absolute atomic E-state index is 0.0500. The second-order valence-corrected chi connectivity index (χ2v) is 9.48. The van der Waals surface area contributed by atoms with Gasteiger partial charge in [0.25, 0.3) is 5.56 Å². The first-order valence-electron chi connectivity index (χ1n) is 12.1. The lowest BCUT2D eigenvalue weighted by Crippen LogP contribution is -2.25.